The van der Waals surface area contributed by atoms with Crippen molar-refractivity contribution in [2.75, 3.05) is 6.61 Å². The SMILES string of the molecule is C=C(OCC)c1ccc2nc(C)ccc2c1. The minimum Gasteiger partial charge on any atom is -0.494 e. The predicted molar refractivity (Wildman–Crippen MR) is 67.1 cm³/mol. The molecule has 0 saturated heterocycles. The molecule has 0 spiro atoms. The monoisotopic (exact) mass is 213 g/mol. The second kappa shape index (κ2) is 4.35. The van der Waals surface area contributed by atoms with E-state index in [9.17, 15) is 0 Å². The molecular formula is C14H15NO. The van der Waals surface area contributed by atoms with Gasteiger partial charge in [-0.05, 0) is 38.1 Å². The molecule has 16 heavy (non-hydrogen) atoms. The van der Waals surface area contributed by atoms with E-state index in [0.717, 1.165) is 22.2 Å². The van der Waals surface area contributed by atoms with Crippen LogP contribution in [0.15, 0.2) is 36.9 Å². The molecule has 0 aliphatic heterocycles. The van der Waals surface area contributed by atoms with Gasteiger partial charge in [-0.15, -0.1) is 0 Å². The molecule has 2 rings (SSSR count). The zero-order valence-corrected chi connectivity index (χ0v) is 9.66. The Bertz CT molecular complexity index is 531. The molecule has 0 atom stereocenters. The largest absolute Gasteiger partial charge is 0.494 e. The van der Waals surface area contributed by atoms with Gasteiger partial charge in [0.25, 0.3) is 0 Å². The molecule has 1 heterocycles. The lowest BCUT2D eigenvalue weighted by Gasteiger charge is -2.07. The maximum absolute atomic E-state index is 5.39. The van der Waals surface area contributed by atoms with Gasteiger partial charge < -0.3 is 4.74 Å². The van der Waals surface area contributed by atoms with Gasteiger partial charge in [-0.1, -0.05) is 12.6 Å². The number of hydrogen-bond acceptors (Lipinski definition) is 2. The highest BCUT2D eigenvalue weighted by Crippen LogP contribution is 2.20. The van der Waals surface area contributed by atoms with Crippen LogP contribution in [-0.4, -0.2) is 11.6 Å². The van der Waals surface area contributed by atoms with E-state index >= 15 is 0 Å². The van der Waals surface area contributed by atoms with Crippen LogP contribution in [0.4, 0.5) is 0 Å². The molecular weight excluding hydrogens is 198 g/mol. The fourth-order valence-corrected chi connectivity index (χ4v) is 1.66. The van der Waals surface area contributed by atoms with E-state index in [-0.39, 0.29) is 0 Å². The third kappa shape index (κ3) is 2.06. The molecule has 2 aromatic rings. The van der Waals surface area contributed by atoms with Crippen molar-refractivity contribution in [1.82, 2.24) is 4.98 Å². The Labute approximate surface area is 95.6 Å². The van der Waals surface area contributed by atoms with Crippen LogP contribution in [-0.2, 0) is 4.74 Å². The first-order chi connectivity index (χ1) is 7.70. The summed E-state index contributed by atoms with van der Waals surface area (Å²) in [6, 6.07) is 10.1. The van der Waals surface area contributed by atoms with Crippen LogP contribution in [0.3, 0.4) is 0 Å². The highest BCUT2D eigenvalue weighted by molar-refractivity contribution is 5.82. The molecule has 1 aromatic heterocycles. The summed E-state index contributed by atoms with van der Waals surface area (Å²) in [6.45, 7) is 8.49. The molecule has 2 heteroatoms. The first kappa shape index (κ1) is 10.7. The number of fused-ring (bicyclic) bond motifs is 1. The van der Waals surface area contributed by atoms with Crippen molar-refractivity contribution in [2.24, 2.45) is 0 Å². The maximum Gasteiger partial charge on any atom is 0.119 e. The zero-order valence-electron chi connectivity index (χ0n) is 9.66. The van der Waals surface area contributed by atoms with Crippen molar-refractivity contribution in [1.29, 1.82) is 0 Å². The quantitative estimate of drug-likeness (QED) is 0.727. The highest BCUT2D eigenvalue weighted by atomic mass is 16.5. The Morgan fingerprint density at radius 2 is 2.12 bits per heavy atom. The molecule has 0 aliphatic rings. The second-order valence-electron chi connectivity index (χ2n) is 3.72. The maximum atomic E-state index is 5.39. The number of benzene rings is 1. The van der Waals surface area contributed by atoms with Gasteiger partial charge in [-0.2, -0.15) is 0 Å². The molecule has 0 amide bonds. The van der Waals surface area contributed by atoms with Crippen LogP contribution in [0.5, 0.6) is 0 Å². The second-order valence-corrected chi connectivity index (χ2v) is 3.72. The van der Waals surface area contributed by atoms with E-state index in [1.54, 1.807) is 0 Å². The normalized spacial score (nSPS) is 10.4. The molecule has 0 saturated carbocycles. The lowest BCUT2D eigenvalue weighted by Crippen LogP contribution is -1.91. The fourth-order valence-electron chi connectivity index (χ4n) is 1.66. The Balaban J connectivity index is 2.44. The van der Waals surface area contributed by atoms with Crippen molar-refractivity contribution in [3.05, 3.63) is 48.2 Å². The average molecular weight is 213 g/mol. The summed E-state index contributed by atoms with van der Waals surface area (Å²) in [5.74, 6) is 0.713. The minimum atomic E-state index is 0.642. The Kier molecular flexibility index (Phi) is 2.91. The summed E-state index contributed by atoms with van der Waals surface area (Å²) >= 11 is 0. The van der Waals surface area contributed by atoms with Gasteiger partial charge >= 0.3 is 0 Å². The van der Waals surface area contributed by atoms with Gasteiger partial charge in [0, 0.05) is 16.6 Å². The van der Waals surface area contributed by atoms with Crippen LogP contribution in [0.25, 0.3) is 16.7 Å². The van der Waals surface area contributed by atoms with Crippen molar-refractivity contribution < 1.29 is 4.74 Å². The van der Waals surface area contributed by atoms with Gasteiger partial charge in [0.2, 0.25) is 0 Å². The van der Waals surface area contributed by atoms with Gasteiger partial charge in [-0.3, -0.25) is 4.98 Å². The van der Waals surface area contributed by atoms with Crippen LogP contribution in [0, 0.1) is 6.92 Å². The van der Waals surface area contributed by atoms with Crippen LogP contribution < -0.4 is 0 Å². The van der Waals surface area contributed by atoms with Crippen LogP contribution in [0.1, 0.15) is 18.2 Å². The number of rotatable bonds is 3. The first-order valence-electron chi connectivity index (χ1n) is 5.40. The van der Waals surface area contributed by atoms with Gasteiger partial charge in [0.05, 0.1) is 12.1 Å². The van der Waals surface area contributed by atoms with Crippen LogP contribution >= 0.6 is 0 Å². The molecule has 0 N–H and O–H groups in total. The number of ether oxygens (including phenoxy) is 1. The summed E-state index contributed by atoms with van der Waals surface area (Å²) < 4.78 is 5.39. The van der Waals surface area contributed by atoms with Crippen molar-refractivity contribution in [2.45, 2.75) is 13.8 Å². The number of pyridine rings is 1. The van der Waals surface area contributed by atoms with Gasteiger partial charge in [0.1, 0.15) is 5.76 Å². The predicted octanol–water partition coefficient (Wildman–Crippen LogP) is 3.55. The molecule has 0 unspecified atom stereocenters. The number of hydrogen-bond donors (Lipinski definition) is 0. The molecule has 1 aromatic carbocycles. The van der Waals surface area contributed by atoms with Crippen molar-refractivity contribution >= 4 is 16.7 Å². The standard InChI is InChI=1S/C14H15NO/c1-4-16-11(3)12-7-8-14-13(9-12)6-5-10(2)15-14/h5-9H,3-4H2,1-2H3. The van der Waals surface area contributed by atoms with E-state index in [0.29, 0.717) is 12.4 Å². The van der Waals surface area contributed by atoms with E-state index in [1.165, 1.54) is 0 Å². The third-order valence-electron chi connectivity index (χ3n) is 2.47. The molecule has 0 aliphatic carbocycles. The average Bonchev–Trinajstić information content (AvgIpc) is 2.28. The van der Waals surface area contributed by atoms with E-state index in [1.807, 2.05) is 32.0 Å². The summed E-state index contributed by atoms with van der Waals surface area (Å²) in [5.41, 5.74) is 3.05. The smallest absolute Gasteiger partial charge is 0.119 e. The summed E-state index contributed by atoms with van der Waals surface area (Å²) in [5, 5.41) is 1.11. The lowest BCUT2D eigenvalue weighted by molar-refractivity contribution is 0.299. The summed E-state index contributed by atoms with van der Waals surface area (Å²) in [7, 11) is 0. The number of aryl methyl sites for hydroxylation is 1. The van der Waals surface area contributed by atoms with Crippen LogP contribution in [0.2, 0.25) is 0 Å². The van der Waals surface area contributed by atoms with Crippen molar-refractivity contribution in [3.63, 3.8) is 0 Å². The molecule has 2 nitrogen and oxygen atoms in total. The Morgan fingerprint density at radius 3 is 2.88 bits per heavy atom. The van der Waals surface area contributed by atoms with Gasteiger partial charge in [-0.25, -0.2) is 0 Å². The Hall–Kier alpha value is -1.83. The number of aromatic nitrogens is 1. The molecule has 0 radical (unpaired) electrons. The number of nitrogens with zero attached hydrogens (tertiary/aromatic N) is 1. The summed E-state index contributed by atoms with van der Waals surface area (Å²) in [4.78, 5) is 4.45. The lowest BCUT2D eigenvalue weighted by atomic mass is 10.1. The summed E-state index contributed by atoms with van der Waals surface area (Å²) in [6.07, 6.45) is 0. The third-order valence-corrected chi connectivity index (χ3v) is 2.47. The first-order valence-corrected chi connectivity index (χ1v) is 5.40. The highest BCUT2D eigenvalue weighted by Gasteiger charge is 2.01. The zero-order chi connectivity index (χ0) is 11.5. The van der Waals surface area contributed by atoms with E-state index < -0.39 is 0 Å². The minimum absolute atomic E-state index is 0.642. The molecule has 0 fully saturated rings. The Morgan fingerprint density at radius 1 is 1.31 bits per heavy atom. The topological polar surface area (TPSA) is 22.1 Å². The fraction of sp³-hybridized carbons (Fsp3) is 0.214. The molecule has 82 valence electrons. The van der Waals surface area contributed by atoms with E-state index in [2.05, 4.69) is 23.7 Å². The van der Waals surface area contributed by atoms with Gasteiger partial charge in [0.15, 0.2) is 0 Å². The van der Waals surface area contributed by atoms with Crippen molar-refractivity contribution in [3.8, 4) is 0 Å². The molecule has 0 bridgehead atoms. The van der Waals surface area contributed by atoms with E-state index in [4.69, 9.17) is 4.74 Å².